The summed E-state index contributed by atoms with van der Waals surface area (Å²) in [5.41, 5.74) is 3.17. The molecule has 0 unspecified atom stereocenters. The Balaban J connectivity index is 2.13. The second kappa shape index (κ2) is 4.20. The van der Waals surface area contributed by atoms with E-state index < -0.39 is 0 Å². The smallest absolute Gasteiger partial charge is 0.157 e. The largest absolute Gasteiger partial charge is 0.342 e. The predicted molar refractivity (Wildman–Crippen MR) is 69.7 cm³/mol. The van der Waals surface area contributed by atoms with E-state index in [2.05, 4.69) is 15.0 Å². The van der Waals surface area contributed by atoms with Crippen molar-refractivity contribution in [3.63, 3.8) is 0 Å². The van der Waals surface area contributed by atoms with Gasteiger partial charge in [0.05, 0.1) is 5.02 Å². The van der Waals surface area contributed by atoms with Crippen molar-refractivity contribution in [2.24, 2.45) is 0 Å². The number of aromatic amines is 1. The quantitative estimate of drug-likeness (QED) is 0.803. The summed E-state index contributed by atoms with van der Waals surface area (Å²) in [5.74, 6) is 0.729. The van der Waals surface area contributed by atoms with Crippen LogP contribution in [0, 0.1) is 4.64 Å². The van der Waals surface area contributed by atoms with Gasteiger partial charge in [0, 0.05) is 17.5 Å². The van der Waals surface area contributed by atoms with Crippen LogP contribution >= 0.6 is 23.8 Å². The van der Waals surface area contributed by atoms with Crippen LogP contribution < -0.4 is 0 Å². The molecule has 0 saturated heterocycles. The molecule has 0 aromatic carbocycles. The number of fused-ring (bicyclic) bond motifs is 1. The Morgan fingerprint density at radius 2 is 2.18 bits per heavy atom. The maximum absolute atomic E-state index is 5.81. The van der Waals surface area contributed by atoms with Gasteiger partial charge in [-0.15, -0.1) is 0 Å². The molecule has 0 bridgehead atoms. The zero-order valence-electron chi connectivity index (χ0n) is 9.03. The van der Waals surface area contributed by atoms with Crippen molar-refractivity contribution in [3.8, 4) is 11.5 Å². The highest BCUT2D eigenvalue weighted by Crippen LogP contribution is 2.23. The van der Waals surface area contributed by atoms with Crippen molar-refractivity contribution in [3.05, 3.63) is 39.3 Å². The van der Waals surface area contributed by atoms with E-state index in [1.807, 2.05) is 6.07 Å². The third kappa shape index (κ3) is 1.98. The first kappa shape index (κ1) is 10.9. The van der Waals surface area contributed by atoms with Crippen LogP contribution in [0.15, 0.2) is 18.3 Å². The van der Waals surface area contributed by atoms with Crippen LogP contribution in [0.1, 0.15) is 17.7 Å². The summed E-state index contributed by atoms with van der Waals surface area (Å²) < 4.78 is 0.697. The van der Waals surface area contributed by atoms with Crippen molar-refractivity contribution >= 4 is 23.8 Å². The van der Waals surface area contributed by atoms with Gasteiger partial charge in [-0.1, -0.05) is 23.8 Å². The van der Waals surface area contributed by atoms with E-state index in [9.17, 15) is 0 Å². The monoisotopic (exact) mass is 263 g/mol. The van der Waals surface area contributed by atoms with Crippen molar-refractivity contribution in [2.45, 2.75) is 19.3 Å². The molecule has 86 valence electrons. The molecule has 1 aliphatic rings. The highest BCUT2D eigenvalue weighted by atomic mass is 35.5. The number of nitrogens with one attached hydrogen (secondary N) is 1. The molecule has 1 N–H and O–H groups in total. The second-order valence-electron chi connectivity index (χ2n) is 4.06. The van der Waals surface area contributed by atoms with E-state index in [0.29, 0.717) is 9.66 Å². The topological polar surface area (TPSA) is 41.6 Å². The molecular weight excluding hydrogens is 254 g/mol. The molecule has 3 nitrogen and oxygen atoms in total. The first-order valence-electron chi connectivity index (χ1n) is 5.48. The molecule has 2 aromatic heterocycles. The normalized spacial score (nSPS) is 13.7. The number of hydrogen-bond donors (Lipinski definition) is 1. The summed E-state index contributed by atoms with van der Waals surface area (Å²) >= 11 is 11.1. The lowest BCUT2D eigenvalue weighted by Gasteiger charge is -2.04. The summed E-state index contributed by atoms with van der Waals surface area (Å²) in [6, 6.07) is 3.65. The van der Waals surface area contributed by atoms with E-state index in [0.717, 1.165) is 30.8 Å². The van der Waals surface area contributed by atoms with Crippen molar-refractivity contribution in [1.82, 2.24) is 15.0 Å². The summed E-state index contributed by atoms with van der Waals surface area (Å²) in [6.45, 7) is 0. The van der Waals surface area contributed by atoms with Gasteiger partial charge in [-0.05, 0) is 31.4 Å². The number of aromatic nitrogens is 3. The third-order valence-corrected chi connectivity index (χ3v) is 3.49. The summed E-state index contributed by atoms with van der Waals surface area (Å²) in [5, 5.41) is 0.619. The molecule has 17 heavy (non-hydrogen) atoms. The second-order valence-corrected chi connectivity index (χ2v) is 4.89. The van der Waals surface area contributed by atoms with E-state index in [4.69, 9.17) is 23.8 Å². The standard InChI is InChI=1S/C12H10ClN3S/c13-7-4-5-10(14-6-7)11-15-9-3-1-2-8(9)12(17)16-11/h4-6H,1-3H2,(H,15,16,17). The number of pyridine rings is 1. The minimum absolute atomic E-state index is 0.619. The maximum Gasteiger partial charge on any atom is 0.157 e. The summed E-state index contributed by atoms with van der Waals surface area (Å²) in [7, 11) is 0. The number of rotatable bonds is 1. The first-order valence-corrected chi connectivity index (χ1v) is 6.26. The lowest BCUT2D eigenvalue weighted by atomic mass is 10.2. The minimum Gasteiger partial charge on any atom is -0.342 e. The number of halogens is 1. The molecule has 0 spiro atoms. The minimum atomic E-state index is 0.619. The van der Waals surface area contributed by atoms with Gasteiger partial charge >= 0.3 is 0 Å². The van der Waals surface area contributed by atoms with Crippen molar-refractivity contribution < 1.29 is 0 Å². The Kier molecular flexibility index (Phi) is 2.68. The Morgan fingerprint density at radius 3 is 2.94 bits per heavy atom. The molecular formula is C12H10ClN3S. The van der Waals surface area contributed by atoms with Gasteiger partial charge in [-0.25, -0.2) is 4.98 Å². The molecule has 1 aliphatic carbocycles. The van der Waals surface area contributed by atoms with E-state index >= 15 is 0 Å². The van der Waals surface area contributed by atoms with Crippen LogP contribution in [0.4, 0.5) is 0 Å². The number of nitrogens with zero attached hydrogens (tertiary/aromatic N) is 2. The van der Waals surface area contributed by atoms with Crippen LogP contribution in [0.5, 0.6) is 0 Å². The number of H-pyrrole nitrogens is 1. The fourth-order valence-corrected chi connectivity index (χ4v) is 2.52. The zero-order valence-corrected chi connectivity index (χ0v) is 10.6. The van der Waals surface area contributed by atoms with Gasteiger partial charge in [0.25, 0.3) is 0 Å². The van der Waals surface area contributed by atoms with E-state index in [1.165, 1.54) is 11.3 Å². The zero-order chi connectivity index (χ0) is 11.8. The summed E-state index contributed by atoms with van der Waals surface area (Å²) in [6.07, 6.45) is 4.84. The van der Waals surface area contributed by atoms with Crippen molar-refractivity contribution in [1.29, 1.82) is 0 Å². The van der Waals surface area contributed by atoms with Crippen LogP contribution in [0.2, 0.25) is 5.02 Å². The van der Waals surface area contributed by atoms with Gasteiger partial charge in [-0.2, -0.15) is 0 Å². The molecule has 2 aromatic rings. The molecule has 0 radical (unpaired) electrons. The first-order chi connectivity index (χ1) is 8.24. The Labute approximate surface area is 109 Å². The lowest BCUT2D eigenvalue weighted by Crippen LogP contribution is -1.98. The van der Waals surface area contributed by atoms with Crippen LogP contribution in [0.3, 0.4) is 0 Å². The Bertz CT molecular complexity index is 619. The molecule has 0 amide bonds. The Morgan fingerprint density at radius 1 is 1.29 bits per heavy atom. The SMILES string of the molecule is S=c1nc(-c2ccc(Cl)cn2)[nH]c2c1CCC2. The van der Waals surface area contributed by atoms with Crippen molar-refractivity contribution in [2.75, 3.05) is 0 Å². The van der Waals surface area contributed by atoms with Gasteiger partial charge < -0.3 is 4.98 Å². The molecule has 0 saturated carbocycles. The molecule has 5 heteroatoms. The van der Waals surface area contributed by atoms with Gasteiger partial charge in [-0.3, -0.25) is 4.98 Å². The van der Waals surface area contributed by atoms with E-state index in [-0.39, 0.29) is 0 Å². The molecule has 0 aliphatic heterocycles. The predicted octanol–water partition coefficient (Wildman–Crippen LogP) is 3.34. The summed E-state index contributed by atoms with van der Waals surface area (Å²) in [4.78, 5) is 12.0. The Hall–Kier alpha value is -1.26. The van der Waals surface area contributed by atoms with E-state index in [1.54, 1.807) is 12.3 Å². The third-order valence-electron chi connectivity index (χ3n) is 2.93. The lowest BCUT2D eigenvalue weighted by molar-refractivity contribution is 0.899. The molecule has 0 fully saturated rings. The van der Waals surface area contributed by atoms with Gasteiger partial charge in [0.1, 0.15) is 10.3 Å². The fourth-order valence-electron chi connectivity index (χ4n) is 2.09. The van der Waals surface area contributed by atoms with Crippen LogP contribution in [-0.2, 0) is 12.8 Å². The van der Waals surface area contributed by atoms with Gasteiger partial charge in [0.15, 0.2) is 5.82 Å². The maximum atomic E-state index is 5.81. The molecule has 2 heterocycles. The number of aryl methyl sites for hydroxylation is 1. The highest BCUT2D eigenvalue weighted by molar-refractivity contribution is 7.71. The number of hydrogen-bond acceptors (Lipinski definition) is 3. The van der Waals surface area contributed by atoms with Gasteiger partial charge in [0.2, 0.25) is 0 Å². The van der Waals surface area contributed by atoms with Crippen LogP contribution in [0.25, 0.3) is 11.5 Å². The molecule has 3 rings (SSSR count). The van der Waals surface area contributed by atoms with Crippen LogP contribution in [-0.4, -0.2) is 15.0 Å². The fraction of sp³-hybridized carbons (Fsp3) is 0.250. The average molecular weight is 264 g/mol. The highest BCUT2D eigenvalue weighted by Gasteiger charge is 2.15. The average Bonchev–Trinajstić information content (AvgIpc) is 2.78. The molecule has 0 atom stereocenters.